The molecule has 0 radical (unpaired) electrons. The number of pyridine rings is 2. The smallest absolute Gasteiger partial charge is 0.172 e. The maximum atomic E-state index is 5.26. The molecule has 1 atom stereocenters. The molecule has 0 saturated heterocycles. The van der Waals surface area contributed by atoms with Gasteiger partial charge in [-0.15, -0.1) is 0 Å². The third-order valence-electron chi connectivity index (χ3n) is 2.63. The summed E-state index contributed by atoms with van der Waals surface area (Å²) in [5.74, 6) is 0.733. The maximum Gasteiger partial charge on any atom is 0.172 e. The minimum Gasteiger partial charge on any atom is -0.354 e. The monoisotopic (exact) mass is 272 g/mol. The van der Waals surface area contributed by atoms with Gasteiger partial charge >= 0.3 is 0 Å². The molecule has 0 aromatic carbocycles. The van der Waals surface area contributed by atoms with Crippen LogP contribution in [-0.4, -0.2) is 15.1 Å². The van der Waals surface area contributed by atoms with Gasteiger partial charge in [0.1, 0.15) is 5.82 Å². The fraction of sp³-hybridized carbons (Fsp3) is 0.214. The summed E-state index contributed by atoms with van der Waals surface area (Å²) in [6.07, 6.45) is 3.57. The van der Waals surface area contributed by atoms with E-state index in [1.807, 2.05) is 44.2 Å². The molecule has 4 nitrogen and oxygen atoms in total. The average molecular weight is 272 g/mol. The molecule has 98 valence electrons. The quantitative estimate of drug-likeness (QED) is 0.841. The number of hydrogen-bond donors (Lipinski definition) is 2. The van der Waals surface area contributed by atoms with Crippen LogP contribution in [0.4, 0.5) is 5.82 Å². The third kappa shape index (κ3) is 3.99. The summed E-state index contributed by atoms with van der Waals surface area (Å²) in [6, 6.07) is 9.74. The Morgan fingerprint density at radius 1 is 1.21 bits per heavy atom. The topological polar surface area (TPSA) is 49.8 Å². The Balaban J connectivity index is 1.93. The summed E-state index contributed by atoms with van der Waals surface area (Å²) >= 11 is 5.26. The minimum absolute atomic E-state index is 0.0478. The Morgan fingerprint density at radius 3 is 2.68 bits per heavy atom. The van der Waals surface area contributed by atoms with Crippen molar-refractivity contribution < 1.29 is 0 Å². The summed E-state index contributed by atoms with van der Waals surface area (Å²) in [7, 11) is 0. The average Bonchev–Trinajstić information content (AvgIpc) is 2.42. The highest BCUT2D eigenvalue weighted by Gasteiger charge is 2.07. The Hall–Kier alpha value is -2.01. The molecule has 1 unspecified atom stereocenters. The second kappa shape index (κ2) is 6.24. The van der Waals surface area contributed by atoms with E-state index in [2.05, 4.69) is 20.6 Å². The lowest BCUT2D eigenvalue weighted by Gasteiger charge is -2.16. The lowest BCUT2D eigenvalue weighted by atomic mass is 10.2. The molecule has 2 N–H and O–H groups in total. The van der Waals surface area contributed by atoms with Crippen LogP contribution in [0, 0.1) is 6.92 Å². The summed E-state index contributed by atoms with van der Waals surface area (Å²) < 4.78 is 0. The van der Waals surface area contributed by atoms with E-state index < -0.39 is 0 Å². The Bertz CT molecular complexity index is 539. The fourth-order valence-corrected chi connectivity index (χ4v) is 1.88. The van der Waals surface area contributed by atoms with E-state index in [1.54, 1.807) is 12.4 Å². The van der Waals surface area contributed by atoms with Crippen molar-refractivity contribution in [2.24, 2.45) is 0 Å². The first-order valence-corrected chi connectivity index (χ1v) is 6.47. The van der Waals surface area contributed by atoms with Gasteiger partial charge in [-0.05, 0) is 49.8 Å². The summed E-state index contributed by atoms with van der Waals surface area (Å²) in [5.41, 5.74) is 2.06. The number of nitrogens with one attached hydrogen (secondary N) is 2. The number of thiocarbonyl (C=S) groups is 1. The standard InChI is InChI=1S/C14H16N4S/c1-10-6-7-13(16-9-10)18-14(19)17-11(2)12-5-3-4-8-15-12/h3-9,11H,1-2H3,(H2,16,17,18,19). The number of rotatable bonds is 3. The van der Waals surface area contributed by atoms with Crippen molar-refractivity contribution in [3.63, 3.8) is 0 Å². The lowest BCUT2D eigenvalue weighted by Crippen LogP contribution is -2.31. The van der Waals surface area contributed by atoms with Crippen molar-refractivity contribution in [2.45, 2.75) is 19.9 Å². The highest BCUT2D eigenvalue weighted by Crippen LogP contribution is 2.09. The fourth-order valence-electron chi connectivity index (χ4n) is 1.60. The first-order chi connectivity index (χ1) is 9.15. The van der Waals surface area contributed by atoms with Crippen molar-refractivity contribution >= 4 is 23.1 Å². The number of nitrogens with zero attached hydrogens (tertiary/aromatic N) is 2. The molecule has 0 aliphatic rings. The van der Waals surface area contributed by atoms with Crippen LogP contribution >= 0.6 is 12.2 Å². The molecule has 0 fully saturated rings. The van der Waals surface area contributed by atoms with E-state index in [0.717, 1.165) is 17.1 Å². The number of aromatic nitrogens is 2. The van der Waals surface area contributed by atoms with Gasteiger partial charge in [0, 0.05) is 12.4 Å². The van der Waals surface area contributed by atoms with Gasteiger partial charge in [-0.25, -0.2) is 4.98 Å². The Kier molecular flexibility index (Phi) is 4.41. The number of hydrogen-bond acceptors (Lipinski definition) is 3. The highest BCUT2D eigenvalue weighted by atomic mass is 32.1. The van der Waals surface area contributed by atoms with Gasteiger partial charge < -0.3 is 10.6 Å². The molecule has 2 rings (SSSR count). The van der Waals surface area contributed by atoms with Gasteiger partial charge in [0.15, 0.2) is 5.11 Å². The maximum absolute atomic E-state index is 5.26. The molecular formula is C14H16N4S. The molecule has 0 saturated carbocycles. The van der Waals surface area contributed by atoms with E-state index in [-0.39, 0.29) is 6.04 Å². The molecule has 0 amide bonds. The van der Waals surface area contributed by atoms with Gasteiger partial charge in [-0.1, -0.05) is 12.1 Å². The molecule has 0 bridgehead atoms. The van der Waals surface area contributed by atoms with Crippen LogP contribution in [0.15, 0.2) is 42.7 Å². The Labute approximate surface area is 118 Å². The molecule has 2 aromatic heterocycles. The van der Waals surface area contributed by atoms with Crippen LogP contribution in [-0.2, 0) is 0 Å². The number of anilines is 1. The summed E-state index contributed by atoms with van der Waals surface area (Å²) in [4.78, 5) is 8.53. The molecule has 0 spiro atoms. The molecule has 5 heteroatoms. The van der Waals surface area contributed by atoms with Gasteiger partial charge in [0.25, 0.3) is 0 Å². The van der Waals surface area contributed by atoms with E-state index >= 15 is 0 Å². The zero-order valence-electron chi connectivity index (χ0n) is 10.9. The van der Waals surface area contributed by atoms with Crippen LogP contribution in [0.3, 0.4) is 0 Å². The summed E-state index contributed by atoms with van der Waals surface area (Å²) in [5, 5.41) is 6.76. The van der Waals surface area contributed by atoms with Crippen molar-refractivity contribution in [1.29, 1.82) is 0 Å². The largest absolute Gasteiger partial charge is 0.354 e. The van der Waals surface area contributed by atoms with Crippen molar-refractivity contribution in [3.8, 4) is 0 Å². The molecule has 2 heterocycles. The van der Waals surface area contributed by atoms with Crippen LogP contribution in [0.25, 0.3) is 0 Å². The van der Waals surface area contributed by atoms with E-state index in [4.69, 9.17) is 12.2 Å². The molecular weight excluding hydrogens is 256 g/mol. The molecule has 0 aliphatic heterocycles. The normalized spacial score (nSPS) is 11.7. The summed E-state index contributed by atoms with van der Waals surface area (Å²) in [6.45, 7) is 4.01. The van der Waals surface area contributed by atoms with Gasteiger partial charge in [0.05, 0.1) is 11.7 Å². The first kappa shape index (κ1) is 13.4. The van der Waals surface area contributed by atoms with E-state index in [1.165, 1.54) is 0 Å². The minimum atomic E-state index is 0.0478. The Morgan fingerprint density at radius 2 is 2.05 bits per heavy atom. The SMILES string of the molecule is Cc1ccc(NC(=S)NC(C)c2ccccn2)nc1. The van der Waals surface area contributed by atoms with Crippen LogP contribution < -0.4 is 10.6 Å². The van der Waals surface area contributed by atoms with Crippen LogP contribution in [0.1, 0.15) is 24.2 Å². The van der Waals surface area contributed by atoms with Gasteiger partial charge in [-0.2, -0.15) is 0 Å². The predicted molar refractivity (Wildman–Crippen MR) is 81.0 cm³/mol. The zero-order valence-corrected chi connectivity index (χ0v) is 11.7. The van der Waals surface area contributed by atoms with Gasteiger partial charge in [0.2, 0.25) is 0 Å². The highest BCUT2D eigenvalue weighted by molar-refractivity contribution is 7.80. The zero-order chi connectivity index (χ0) is 13.7. The van der Waals surface area contributed by atoms with Gasteiger partial charge in [-0.3, -0.25) is 4.98 Å². The molecule has 0 aliphatic carbocycles. The lowest BCUT2D eigenvalue weighted by molar-refractivity contribution is 0.696. The van der Waals surface area contributed by atoms with Crippen molar-refractivity contribution in [1.82, 2.24) is 15.3 Å². The third-order valence-corrected chi connectivity index (χ3v) is 2.85. The van der Waals surface area contributed by atoms with Crippen LogP contribution in [0.2, 0.25) is 0 Å². The predicted octanol–water partition coefficient (Wildman–Crippen LogP) is 2.83. The second-order valence-corrected chi connectivity index (χ2v) is 4.70. The first-order valence-electron chi connectivity index (χ1n) is 6.06. The van der Waals surface area contributed by atoms with Crippen molar-refractivity contribution in [2.75, 3.05) is 5.32 Å². The van der Waals surface area contributed by atoms with Crippen molar-refractivity contribution in [3.05, 3.63) is 54.0 Å². The molecule has 19 heavy (non-hydrogen) atoms. The second-order valence-electron chi connectivity index (χ2n) is 4.30. The van der Waals surface area contributed by atoms with Crippen LogP contribution in [0.5, 0.6) is 0 Å². The van der Waals surface area contributed by atoms with E-state index in [0.29, 0.717) is 5.11 Å². The molecule has 2 aromatic rings. The van der Waals surface area contributed by atoms with E-state index in [9.17, 15) is 0 Å². The number of aryl methyl sites for hydroxylation is 1.